The summed E-state index contributed by atoms with van der Waals surface area (Å²) in [6.45, 7) is 4.44. The van der Waals surface area contributed by atoms with Gasteiger partial charge in [-0.3, -0.25) is 0 Å². The average Bonchev–Trinajstić information content (AvgIpc) is 2.83. The molecule has 0 spiro atoms. The van der Waals surface area contributed by atoms with Crippen LogP contribution in [0, 0.1) is 41.2 Å². The normalized spacial score (nSPS) is 33.2. The lowest BCUT2D eigenvalue weighted by Crippen LogP contribution is -2.28. The first-order chi connectivity index (χ1) is 15.6. The SMILES string of the molecule is CCCC1CCC(C2CCC(C3C=CC(c4ccc(OCC)c(F)c4F)CC3)CC2)CC1. The van der Waals surface area contributed by atoms with Crippen LogP contribution < -0.4 is 4.74 Å². The highest BCUT2D eigenvalue weighted by Crippen LogP contribution is 2.46. The molecule has 2 atom stereocenters. The Kier molecular flexibility index (Phi) is 8.29. The number of ether oxygens (including phenoxy) is 1. The van der Waals surface area contributed by atoms with Crippen LogP contribution >= 0.6 is 0 Å². The van der Waals surface area contributed by atoms with E-state index in [1.165, 1.54) is 64.2 Å². The Balaban J connectivity index is 1.28. The molecule has 0 aliphatic heterocycles. The van der Waals surface area contributed by atoms with Gasteiger partial charge < -0.3 is 4.74 Å². The summed E-state index contributed by atoms with van der Waals surface area (Å²) in [5, 5.41) is 0. The number of rotatable bonds is 7. The minimum atomic E-state index is -0.845. The van der Waals surface area contributed by atoms with E-state index in [9.17, 15) is 8.78 Å². The molecular weight excluding hydrogens is 402 g/mol. The van der Waals surface area contributed by atoms with E-state index >= 15 is 0 Å². The van der Waals surface area contributed by atoms with E-state index in [2.05, 4.69) is 19.1 Å². The second kappa shape index (κ2) is 11.2. The van der Waals surface area contributed by atoms with Crippen LogP contribution in [0.2, 0.25) is 0 Å². The Morgan fingerprint density at radius 3 is 2.00 bits per heavy atom. The third kappa shape index (κ3) is 5.39. The van der Waals surface area contributed by atoms with E-state index in [0.717, 1.165) is 36.5 Å². The molecule has 1 aromatic carbocycles. The quantitative estimate of drug-likeness (QED) is 0.382. The summed E-state index contributed by atoms with van der Waals surface area (Å²) in [6, 6.07) is 3.29. The zero-order chi connectivity index (χ0) is 22.5. The van der Waals surface area contributed by atoms with Crippen LogP contribution in [-0.2, 0) is 0 Å². The van der Waals surface area contributed by atoms with Crippen LogP contribution in [0.15, 0.2) is 24.3 Å². The van der Waals surface area contributed by atoms with E-state index < -0.39 is 11.6 Å². The Morgan fingerprint density at radius 2 is 1.41 bits per heavy atom. The monoisotopic (exact) mass is 444 g/mol. The van der Waals surface area contributed by atoms with Gasteiger partial charge in [0.1, 0.15) is 0 Å². The number of benzene rings is 1. The highest BCUT2D eigenvalue weighted by Gasteiger charge is 2.34. The minimum absolute atomic E-state index is 0.0158. The van der Waals surface area contributed by atoms with Crippen molar-refractivity contribution in [3.63, 3.8) is 0 Å². The first-order valence-electron chi connectivity index (χ1n) is 13.4. The van der Waals surface area contributed by atoms with E-state index in [-0.39, 0.29) is 11.7 Å². The summed E-state index contributed by atoms with van der Waals surface area (Å²) in [7, 11) is 0. The van der Waals surface area contributed by atoms with Gasteiger partial charge in [0, 0.05) is 5.92 Å². The van der Waals surface area contributed by atoms with Crippen LogP contribution in [0.4, 0.5) is 8.78 Å². The average molecular weight is 445 g/mol. The summed E-state index contributed by atoms with van der Waals surface area (Å²) in [6.07, 6.45) is 20.6. The Bertz CT molecular complexity index is 757. The maximum atomic E-state index is 14.6. The molecule has 0 saturated heterocycles. The third-order valence-electron chi connectivity index (χ3n) is 8.85. The largest absolute Gasteiger partial charge is 0.491 e. The van der Waals surface area contributed by atoms with Crippen molar-refractivity contribution in [1.29, 1.82) is 0 Å². The van der Waals surface area contributed by atoms with Gasteiger partial charge in [0.05, 0.1) is 6.61 Å². The summed E-state index contributed by atoms with van der Waals surface area (Å²) >= 11 is 0. The Labute approximate surface area is 194 Å². The molecule has 0 amide bonds. The predicted molar refractivity (Wildman–Crippen MR) is 128 cm³/mol. The fraction of sp³-hybridized carbons (Fsp3) is 0.724. The molecule has 1 nitrogen and oxygen atoms in total. The second-order valence-corrected chi connectivity index (χ2v) is 10.7. The molecule has 2 fully saturated rings. The Morgan fingerprint density at radius 1 is 0.750 bits per heavy atom. The number of halogens is 2. The lowest BCUT2D eigenvalue weighted by molar-refractivity contribution is 0.128. The zero-order valence-electron chi connectivity index (χ0n) is 20.1. The van der Waals surface area contributed by atoms with Gasteiger partial charge in [-0.1, -0.05) is 50.8 Å². The van der Waals surface area contributed by atoms with E-state index in [0.29, 0.717) is 18.1 Å². The fourth-order valence-electron chi connectivity index (χ4n) is 6.99. The van der Waals surface area contributed by atoms with Crippen molar-refractivity contribution >= 4 is 0 Å². The molecule has 32 heavy (non-hydrogen) atoms. The summed E-state index contributed by atoms with van der Waals surface area (Å²) in [5.74, 6) is 2.74. The van der Waals surface area contributed by atoms with Crippen molar-refractivity contribution in [3.8, 4) is 5.75 Å². The first-order valence-corrected chi connectivity index (χ1v) is 13.4. The molecule has 0 radical (unpaired) electrons. The molecule has 0 heterocycles. The van der Waals surface area contributed by atoms with Crippen LogP contribution in [-0.4, -0.2) is 6.61 Å². The van der Waals surface area contributed by atoms with Gasteiger partial charge in [0.25, 0.3) is 0 Å². The van der Waals surface area contributed by atoms with Gasteiger partial charge >= 0.3 is 0 Å². The molecule has 0 N–H and O–H groups in total. The summed E-state index contributed by atoms with van der Waals surface area (Å²) in [5.41, 5.74) is 0.475. The van der Waals surface area contributed by atoms with Crippen LogP contribution in [0.5, 0.6) is 5.75 Å². The van der Waals surface area contributed by atoms with Gasteiger partial charge in [0.15, 0.2) is 11.6 Å². The molecule has 2 saturated carbocycles. The molecule has 0 aromatic heterocycles. The lowest BCUT2D eigenvalue weighted by atomic mass is 9.66. The van der Waals surface area contributed by atoms with Gasteiger partial charge in [-0.2, -0.15) is 4.39 Å². The number of hydrogen-bond donors (Lipinski definition) is 0. The highest BCUT2D eigenvalue weighted by molar-refractivity contribution is 5.35. The number of hydrogen-bond acceptors (Lipinski definition) is 1. The second-order valence-electron chi connectivity index (χ2n) is 10.7. The Hall–Kier alpha value is -1.38. The van der Waals surface area contributed by atoms with Crippen molar-refractivity contribution in [2.45, 2.75) is 96.8 Å². The van der Waals surface area contributed by atoms with Gasteiger partial charge in [0.2, 0.25) is 5.82 Å². The molecule has 3 aliphatic rings. The molecule has 1 aromatic rings. The summed E-state index contributed by atoms with van der Waals surface area (Å²) < 4.78 is 34.1. The maximum Gasteiger partial charge on any atom is 0.200 e. The predicted octanol–water partition coefficient (Wildman–Crippen LogP) is 8.83. The minimum Gasteiger partial charge on any atom is -0.491 e. The molecule has 3 aliphatic carbocycles. The van der Waals surface area contributed by atoms with E-state index in [1.54, 1.807) is 19.1 Å². The van der Waals surface area contributed by atoms with Crippen molar-refractivity contribution in [3.05, 3.63) is 41.5 Å². The molecule has 3 heteroatoms. The fourth-order valence-corrected chi connectivity index (χ4v) is 6.99. The topological polar surface area (TPSA) is 9.23 Å². The summed E-state index contributed by atoms with van der Waals surface area (Å²) in [4.78, 5) is 0. The standard InChI is InChI=1S/C29H42F2O/c1-3-5-20-6-8-21(9-7-20)22-10-12-23(13-11-22)24-14-16-25(17-15-24)26-18-19-27(32-4-2)29(31)28(26)30/h14,16,18-25H,3-13,15,17H2,1-2H3. The molecule has 2 unspecified atom stereocenters. The van der Waals surface area contributed by atoms with Crippen molar-refractivity contribution in [2.75, 3.05) is 6.61 Å². The molecule has 4 rings (SSSR count). The lowest BCUT2D eigenvalue weighted by Gasteiger charge is -2.40. The van der Waals surface area contributed by atoms with Crippen molar-refractivity contribution in [2.24, 2.45) is 29.6 Å². The third-order valence-corrected chi connectivity index (χ3v) is 8.85. The molecule has 178 valence electrons. The molecular formula is C29H42F2O. The highest BCUT2D eigenvalue weighted by atomic mass is 19.2. The van der Waals surface area contributed by atoms with Crippen molar-refractivity contribution < 1.29 is 13.5 Å². The van der Waals surface area contributed by atoms with Gasteiger partial charge in [-0.05, 0) is 99.5 Å². The van der Waals surface area contributed by atoms with Gasteiger partial charge in [-0.25, -0.2) is 4.39 Å². The van der Waals surface area contributed by atoms with E-state index in [1.807, 2.05) is 0 Å². The van der Waals surface area contributed by atoms with Crippen LogP contribution in [0.3, 0.4) is 0 Å². The van der Waals surface area contributed by atoms with E-state index in [4.69, 9.17) is 4.74 Å². The van der Waals surface area contributed by atoms with Gasteiger partial charge in [-0.15, -0.1) is 0 Å². The number of allylic oxidation sites excluding steroid dienone is 2. The first kappa shape index (κ1) is 23.8. The zero-order valence-corrected chi connectivity index (χ0v) is 20.1. The maximum absolute atomic E-state index is 14.6. The van der Waals surface area contributed by atoms with Crippen molar-refractivity contribution in [1.82, 2.24) is 0 Å². The van der Waals surface area contributed by atoms with Crippen LogP contribution in [0.25, 0.3) is 0 Å². The molecule has 0 bridgehead atoms. The van der Waals surface area contributed by atoms with Crippen LogP contribution in [0.1, 0.15) is 102 Å². The smallest absolute Gasteiger partial charge is 0.200 e.